The summed E-state index contributed by atoms with van der Waals surface area (Å²) < 4.78 is 0. The number of aromatic nitrogens is 1. The molecule has 106 valence electrons. The maximum absolute atomic E-state index is 12.3. The van der Waals surface area contributed by atoms with E-state index in [1.54, 1.807) is 6.07 Å². The maximum atomic E-state index is 12.3. The van der Waals surface area contributed by atoms with Crippen molar-refractivity contribution in [2.45, 2.75) is 26.7 Å². The van der Waals surface area contributed by atoms with Gasteiger partial charge in [-0.3, -0.25) is 4.79 Å². The van der Waals surface area contributed by atoms with Crippen LogP contribution in [0.1, 0.15) is 37.0 Å². The Bertz CT molecular complexity index is 608. The second-order valence-electron chi connectivity index (χ2n) is 5.40. The quantitative estimate of drug-likeness (QED) is 0.821. The summed E-state index contributed by atoms with van der Waals surface area (Å²) in [5.41, 5.74) is 7.11. The standard InChI is InChI=1S/C16H21N3O/c1-11(2)6-5-9-18-16(20)13-10-15(17)19-14-8-4-3-7-12(13)14/h3-4,7-8,10-11H,5-6,9H2,1-2H3,(H2,17,19)(H,18,20). The van der Waals surface area contributed by atoms with Crippen molar-refractivity contribution in [2.24, 2.45) is 5.92 Å². The topological polar surface area (TPSA) is 68.0 Å². The first-order valence-electron chi connectivity index (χ1n) is 7.01. The number of amides is 1. The van der Waals surface area contributed by atoms with Crippen molar-refractivity contribution in [3.05, 3.63) is 35.9 Å². The Morgan fingerprint density at radius 1 is 1.35 bits per heavy atom. The number of hydrogen-bond donors (Lipinski definition) is 2. The molecule has 1 amide bonds. The van der Waals surface area contributed by atoms with Crippen LogP contribution in [0.25, 0.3) is 10.9 Å². The lowest BCUT2D eigenvalue weighted by Gasteiger charge is -2.09. The molecule has 4 nitrogen and oxygen atoms in total. The first-order chi connectivity index (χ1) is 9.58. The first kappa shape index (κ1) is 14.3. The van der Waals surface area contributed by atoms with Gasteiger partial charge in [0.2, 0.25) is 0 Å². The SMILES string of the molecule is CC(C)CCCNC(=O)c1cc(N)nc2ccccc12. The van der Waals surface area contributed by atoms with E-state index in [-0.39, 0.29) is 5.91 Å². The van der Waals surface area contributed by atoms with Gasteiger partial charge in [-0.15, -0.1) is 0 Å². The highest BCUT2D eigenvalue weighted by atomic mass is 16.1. The van der Waals surface area contributed by atoms with Gasteiger partial charge in [0.05, 0.1) is 11.1 Å². The summed E-state index contributed by atoms with van der Waals surface area (Å²) >= 11 is 0. The van der Waals surface area contributed by atoms with Crippen molar-refractivity contribution >= 4 is 22.6 Å². The molecule has 0 fully saturated rings. The van der Waals surface area contributed by atoms with Crippen LogP contribution in [0.15, 0.2) is 30.3 Å². The van der Waals surface area contributed by atoms with Crippen molar-refractivity contribution in [3.8, 4) is 0 Å². The van der Waals surface area contributed by atoms with Crippen molar-refractivity contribution in [3.63, 3.8) is 0 Å². The Hall–Kier alpha value is -2.10. The summed E-state index contributed by atoms with van der Waals surface area (Å²) in [6.45, 7) is 5.05. The molecular formula is C16H21N3O. The molecule has 2 rings (SSSR count). The van der Waals surface area contributed by atoms with Gasteiger partial charge in [0.1, 0.15) is 5.82 Å². The molecular weight excluding hydrogens is 250 g/mol. The number of carbonyl (C=O) groups excluding carboxylic acids is 1. The van der Waals surface area contributed by atoms with Crippen LogP contribution in [-0.4, -0.2) is 17.4 Å². The zero-order chi connectivity index (χ0) is 14.5. The van der Waals surface area contributed by atoms with E-state index in [0.29, 0.717) is 23.8 Å². The molecule has 0 aliphatic carbocycles. The van der Waals surface area contributed by atoms with Gasteiger partial charge in [-0.2, -0.15) is 0 Å². The number of hydrogen-bond acceptors (Lipinski definition) is 3. The van der Waals surface area contributed by atoms with Crippen molar-refractivity contribution in [1.82, 2.24) is 10.3 Å². The smallest absolute Gasteiger partial charge is 0.252 e. The third-order valence-corrected chi connectivity index (χ3v) is 3.22. The molecule has 0 aliphatic heterocycles. The molecule has 4 heteroatoms. The third kappa shape index (κ3) is 3.47. The van der Waals surface area contributed by atoms with Gasteiger partial charge in [0.15, 0.2) is 0 Å². The molecule has 0 atom stereocenters. The molecule has 1 aromatic heterocycles. The predicted octanol–water partition coefficient (Wildman–Crippen LogP) is 2.98. The molecule has 1 aromatic carbocycles. The Kier molecular flexibility index (Phi) is 4.56. The van der Waals surface area contributed by atoms with Crippen LogP contribution >= 0.6 is 0 Å². The number of benzene rings is 1. The van der Waals surface area contributed by atoms with Gasteiger partial charge < -0.3 is 11.1 Å². The molecule has 0 radical (unpaired) electrons. The Balaban J connectivity index is 2.13. The zero-order valence-electron chi connectivity index (χ0n) is 12.0. The van der Waals surface area contributed by atoms with Crippen molar-refractivity contribution in [2.75, 3.05) is 12.3 Å². The maximum Gasteiger partial charge on any atom is 0.252 e. The summed E-state index contributed by atoms with van der Waals surface area (Å²) in [5, 5.41) is 3.79. The lowest BCUT2D eigenvalue weighted by molar-refractivity contribution is 0.0954. The van der Waals surface area contributed by atoms with Crippen molar-refractivity contribution in [1.29, 1.82) is 0 Å². The fourth-order valence-electron chi connectivity index (χ4n) is 2.19. The minimum atomic E-state index is -0.0842. The fourth-order valence-corrected chi connectivity index (χ4v) is 2.19. The molecule has 0 spiro atoms. The van der Waals surface area contributed by atoms with E-state index in [9.17, 15) is 4.79 Å². The van der Waals surface area contributed by atoms with Crippen LogP contribution < -0.4 is 11.1 Å². The van der Waals surface area contributed by atoms with E-state index in [2.05, 4.69) is 24.1 Å². The highest BCUT2D eigenvalue weighted by Gasteiger charge is 2.11. The van der Waals surface area contributed by atoms with Crippen LogP contribution in [0.5, 0.6) is 0 Å². The number of para-hydroxylation sites is 1. The largest absolute Gasteiger partial charge is 0.384 e. The summed E-state index contributed by atoms with van der Waals surface area (Å²) in [7, 11) is 0. The number of pyridine rings is 1. The third-order valence-electron chi connectivity index (χ3n) is 3.22. The molecule has 0 saturated heterocycles. The van der Waals surface area contributed by atoms with Gasteiger partial charge in [0.25, 0.3) is 5.91 Å². The summed E-state index contributed by atoms with van der Waals surface area (Å²) in [6.07, 6.45) is 2.10. The summed E-state index contributed by atoms with van der Waals surface area (Å²) in [4.78, 5) is 16.5. The van der Waals surface area contributed by atoms with Crippen LogP contribution in [0, 0.1) is 5.92 Å². The lowest BCUT2D eigenvalue weighted by Crippen LogP contribution is -2.25. The van der Waals surface area contributed by atoms with Gasteiger partial charge in [-0.05, 0) is 30.9 Å². The normalized spacial score (nSPS) is 10.9. The first-order valence-corrected chi connectivity index (χ1v) is 7.01. The second-order valence-corrected chi connectivity index (χ2v) is 5.40. The second kappa shape index (κ2) is 6.37. The van der Waals surface area contributed by atoms with Crippen molar-refractivity contribution < 1.29 is 4.79 Å². The van der Waals surface area contributed by atoms with E-state index in [1.165, 1.54) is 0 Å². The Labute approximate surface area is 119 Å². The number of nitrogens with zero attached hydrogens (tertiary/aromatic N) is 1. The number of carbonyl (C=O) groups is 1. The van der Waals surface area contributed by atoms with Gasteiger partial charge >= 0.3 is 0 Å². The monoisotopic (exact) mass is 271 g/mol. The number of nitrogen functional groups attached to an aromatic ring is 1. The minimum absolute atomic E-state index is 0.0842. The average Bonchev–Trinajstić information content (AvgIpc) is 2.42. The molecule has 3 N–H and O–H groups in total. The van der Waals surface area contributed by atoms with Gasteiger partial charge in [-0.25, -0.2) is 4.98 Å². The van der Waals surface area contributed by atoms with Crippen LogP contribution in [0.4, 0.5) is 5.82 Å². The average molecular weight is 271 g/mol. The molecule has 2 aromatic rings. The molecule has 0 aliphatic rings. The lowest BCUT2D eigenvalue weighted by atomic mass is 10.1. The fraction of sp³-hybridized carbons (Fsp3) is 0.375. The van der Waals surface area contributed by atoms with Gasteiger partial charge in [0, 0.05) is 11.9 Å². The number of nitrogens with two attached hydrogens (primary N) is 1. The highest BCUT2D eigenvalue weighted by molar-refractivity contribution is 6.06. The van der Waals surface area contributed by atoms with E-state index >= 15 is 0 Å². The van der Waals surface area contributed by atoms with E-state index in [4.69, 9.17) is 5.73 Å². The summed E-state index contributed by atoms with van der Waals surface area (Å²) in [6, 6.07) is 9.18. The van der Waals surface area contributed by atoms with E-state index < -0.39 is 0 Å². The molecule has 0 saturated carbocycles. The van der Waals surface area contributed by atoms with Crippen LogP contribution in [-0.2, 0) is 0 Å². The van der Waals surface area contributed by atoms with Crippen LogP contribution in [0.3, 0.4) is 0 Å². The number of nitrogens with one attached hydrogen (secondary N) is 1. The molecule has 20 heavy (non-hydrogen) atoms. The van der Waals surface area contributed by atoms with E-state index in [0.717, 1.165) is 23.7 Å². The van der Waals surface area contributed by atoms with Crippen LogP contribution in [0.2, 0.25) is 0 Å². The van der Waals surface area contributed by atoms with Gasteiger partial charge in [-0.1, -0.05) is 32.0 Å². The molecule has 0 unspecified atom stereocenters. The number of fused-ring (bicyclic) bond motifs is 1. The predicted molar refractivity (Wildman–Crippen MR) is 82.6 cm³/mol. The number of rotatable bonds is 5. The summed E-state index contributed by atoms with van der Waals surface area (Å²) in [5.74, 6) is 0.944. The Morgan fingerprint density at radius 3 is 2.85 bits per heavy atom. The zero-order valence-corrected chi connectivity index (χ0v) is 12.0. The highest BCUT2D eigenvalue weighted by Crippen LogP contribution is 2.19. The van der Waals surface area contributed by atoms with E-state index in [1.807, 2.05) is 24.3 Å². The minimum Gasteiger partial charge on any atom is -0.384 e. The number of anilines is 1. The Morgan fingerprint density at radius 2 is 2.10 bits per heavy atom. The molecule has 0 bridgehead atoms. The molecule has 1 heterocycles.